The molecular weight excluding hydrogens is 204 g/mol. The molecule has 0 bridgehead atoms. The summed E-state index contributed by atoms with van der Waals surface area (Å²) in [5, 5.41) is 0. The Bertz CT molecular complexity index is 268. The predicted octanol–water partition coefficient (Wildman–Crippen LogP) is 2.75. The third-order valence-electron chi connectivity index (χ3n) is 2.72. The topological polar surface area (TPSA) is 43.4 Å². The smallest absolute Gasteiger partial charge is 0.312 e. The van der Waals surface area contributed by atoms with Crippen molar-refractivity contribution in [2.75, 3.05) is 0 Å². The molecule has 0 heterocycles. The van der Waals surface area contributed by atoms with E-state index in [0.29, 0.717) is 6.42 Å². The Morgan fingerprint density at radius 3 is 2.25 bits per heavy atom. The SMILES string of the molecule is C/C=C/C(C)C(=O)OC(C)C(C)C(=O)CC. The standard InChI is InChI=1S/C13H22O3/c1-6-8-9(3)13(15)16-11(5)10(4)12(14)7-2/h6,8-11H,7H2,1-5H3/b8-6+. The van der Waals surface area contributed by atoms with E-state index in [1.807, 2.05) is 19.9 Å². The molecule has 0 rings (SSSR count). The largest absolute Gasteiger partial charge is 0.461 e. The van der Waals surface area contributed by atoms with Crippen LogP contribution in [-0.4, -0.2) is 17.9 Å². The van der Waals surface area contributed by atoms with E-state index in [1.165, 1.54) is 0 Å². The van der Waals surface area contributed by atoms with Gasteiger partial charge in [0.2, 0.25) is 0 Å². The van der Waals surface area contributed by atoms with Crippen molar-refractivity contribution in [3.63, 3.8) is 0 Å². The Morgan fingerprint density at radius 1 is 1.25 bits per heavy atom. The van der Waals surface area contributed by atoms with Crippen molar-refractivity contribution in [2.24, 2.45) is 11.8 Å². The number of hydrogen-bond acceptors (Lipinski definition) is 3. The minimum Gasteiger partial charge on any atom is -0.461 e. The molecular formula is C13H22O3. The Balaban J connectivity index is 4.28. The lowest BCUT2D eigenvalue weighted by atomic mass is 9.99. The maximum atomic E-state index is 11.6. The number of esters is 1. The fourth-order valence-corrected chi connectivity index (χ4v) is 1.34. The average molecular weight is 226 g/mol. The molecule has 0 saturated carbocycles. The molecule has 0 aliphatic rings. The zero-order chi connectivity index (χ0) is 12.7. The van der Waals surface area contributed by atoms with E-state index < -0.39 is 0 Å². The Labute approximate surface area is 97.9 Å². The van der Waals surface area contributed by atoms with Crippen LogP contribution in [0.15, 0.2) is 12.2 Å². The van der Waals surface area contributed by atoms with E-state index in [-0.39, 0.29) is 29.7 Å². The van der Waals surface area contributed by atoms with Crippen molar-refractivity contribution in [1.82, 2.24) is 0 Å². The van der Waals surface area contributed by atoms with Gasteiger partial charge in [-0.15, -0.1) is 0 Å². The van der Waals surface area contributed by atoms with Crippen molar-refractivity contribution in [3.8, 4) is 0 Å². The molecule has 3 unspecified atom stereocenters. The van der Waals surface area contributed by atoms with E-state index in [2.05, 4.69) is 0 Å². The lowest BCUT2D eigenvalue weighted by Gasteiger charge is -2.20. The number of carbonyl (C=O) groups is 2. The molecule has 3 heteroatoms. The van der Waals surface area contributed by atoms with Gasteiger partial charge in [0.1, 0.15) is 11.9 Å². The second kappa shape index (κ2) is 7.20. The Morgan fingerprint density at radius 2 is 1.81 bits per heavy atom. The van der Waals surface area contributed by atoms with Crippen LogP contribution >= 0.6 is 0 Å². The van der Waals surface area contributed by atoms with E-state index in [1.54, 1.807) is 26.8 Å². The molecule has 0 aromatic heterocycles. The third kappa shape index (κ3) is 4.60. The quantitative estimate of drug-likeness (QED) is 0.516. The highest BCUT2D eigenvalue weighted by Crippen LogP contribution is 2.13. The monoisotopic (exact) mass is 226 g/mol. The van der Waals surface area contributed by atoms with Gasteiger partial charge >= 0.3 is 5.97 Å². The van der Waals surface area contributed by atoms with Gasteiger partial charge in [0.25, 0.3) is 0 Å². The number of ether oxygens (including phenoxy) is 1. The van der Waals surface area contributed by atoms with Crippen LogP contribution in [0.2, 0.25) is 0 Å². The van der Waals surface area contributed by atoms with Gasteiger partial charge < -0.3 is 4.74 Å². The number of hydrogen-bond donors (Lipinski definition) is 0. The van der Waals surface area contributed by atoms with Gasteiger partial charge in [-0.2, -0.15) is 0 Å². The molecule has 0 spiro atoms. The van der Waals surface area contributed by atoms with Gasteiger partial charge in [-0.25, -0.2) is 0 Å². The molecule has 0 radical (unpaired) electrons. The first-order valence-corrected chi connectivity index (χ1v) is 5.80. The summed E-state index contributed by atoms with van der Waals surface area (Å²) in [4.78, 5) is 23.0. The summed E-state index contributed by atoms with van der Waals surface area (Å²) in [5.74, 6) is -0.636. The van der Waals surface area contributed by atoms with E-state index in [9.17, 15) is 9.59 Å². The van der Waals surface area contributed by atoms with E-state index in [4.69, 9.17) is 4.74 Å². The zero-order valence-electron chi connectivity index (χ0n) is 10.8. The van der Waals surface area contributed by atoms with Crippen LogP contribution in [-0.2, 0) is 14.3 Å². The third-order valence-corrected chi connectivity index (χ3v) is 2.72. The molecule has 0 aliphatic carbocycles. The van der Waals surface area contributed by atoms with Crippen LogP contribution in [0, 0.1) is 11.8 Å². The number of rotatable bonds is 6. The summed E-state index contributed by atoms with van der Waals surface area (Å²) in [6, 6.07) is 0. The number of Topliss-reactive ketones (excluding diaryl/α,β-unsaturated/α-hetero) is 1. The van der Waals surface area contributed by atoms with E-state index in [0.717, 1.165) is 0 Å². The molecule has 0 aromatic rings. The Hall–Kier alpha value is -1.12. The van der Waals surface area contributed by atoms with Crippen LogP contribution < -0.4 is 0 Å². The van der Waals surface area contributed by atoms with Crippen molar-refractivity contribution in [2.45, 2.75) is 47.1 Å². The van der Waals surface area contributed by atoms with E-state index >= 15 is 0 Å². The Kier molecular flexibility index (Phi) is 6.70. The molecule has 0 N–H and O–H groups in total. The first-order valence-electron chi connectivity index (χ1n) is 5.80. The fraction of sp³-hybridized carbons (Fsp3) is 0.692. The summed E-state index contributed by atoms with van der Waals surface area (Å²) in [7, 11) is 0. The number of carbonyl (C=O) groups excluding carboxylic acids is 2. The second-order valence-electron chi connectivity index (χ2n) is 4.07. The molecule has 3 nitrogen and oxygen atoms in total. The maximum Gasteiger partial charge on any atom is 0.312 e. The van der Waals surface area contributed by atoms with Crippen molar-refractivity contribution in [3.05, 3.63) is 12.2 Å². The van der Waals surface area contributed by atoms with Gasteiger partial charge in [-0.05, 0) is 20.8 Å². The molecule has 0 aliphatic heterocycles. The van der Waals surface area contributed by atoms with Crippen molar-refractivity contribution in [1.29, 1.82) is 0 Å². The number of ketones is 1. The van der Waals surface area contributed by atoms with Crippen molar-refractivity contribution < 1.29 is 14.3 Å². The van der Waals surface area contributed by atoms with Crippen LogP contribution in [0.25, 0.3) is 0 Å². The molecule has 0 aromatic carbocycles. The van der Waals surface area contributed by atoms with Crippen LogP contribution in [0.4, 0.5) is 0 Å². The zero-order valence-corrected chi connectivity index (χ0v) is 10.8. The lowest BCUT2D eigenvalue weighted by Crippen LogP contribution is -2.29. The van der Waals surface area contributed by atoms with Gasteiger partial charge in [0.15, 0.2) is 0 Å². The first-order chi connectivity index (χ1) is 7.43. The molecule has 0 saturated heterocycles. The maximum absolute atomic E-state index is 11.6. The summed E-state index contributed by atoms with van der Waals surface area (Å²) in [6.07, 6.45) is 3.72. The summed E-state index contributed by atoms with van der Waals surface area (Å²) in [6.45, 7) is 9.01. The van der Waals surface area contributed by atoms with Gasteiger partial charge in [0.05, 0.1) is 11.8 Å². The van der Waals surface area contributed by atoms with Crippen molar-refractivity contribution >= 4 is 11.8 Å². The molecule has 92 valence electrons. The molecule has 0 amide bonds. The minimum absolute atomic E-state index is 0.124. The summed E-state index contributed by atoms with van der Waals surface area (Å²) < 4.78 is 5.24. The first kappa shape index (κ1) is 14.9. The molecule has 3 atom stereocenters. The van der Waals surface area contributed by atoms with Gasteiger partial charge in [-0.3, -0.25) is 9.59 Å². The summed E-state index contributed by atoms with van der Waals surface area (Å²) in [5.41, 5.74) is 0. The predicted molar refractivity (Wildman–Crippen MR) is 64.0 cm³/mol. The summed E-state index contributed by atoms with van der Waals surface area (Å²) >= 11 is 0. The molecule has 16 heavy (non-hydrogen) atoms. The average Bonchev–Trinajstić information content (AvgIpc) is 2.26. The fourth-order valence-electron chi connectivity index (χ4n) is 1.34. The highest BCUT2D eigenvalue weighted by atomic mass is 16.5. The number of allylic oxidation sites excluding steroid dienone is 1. The normalized spacial score (nSPS) is 16.8. The van der Waals surface area contributed by atoms with Gasteiger partial charge in [-0.1, -0.05) is 26.0 Å². The van der Waals surface area contributed by atoms with Crippen LogP contribution in [0.3, 0.4) is 0 Å². The lowest BCUT2D eigenvalue weighted by molar-refractivity contribution is -0.154. The van der Waals surface area contributed by atoms with Crippen LogP contribution in [0.5, 0.6) is 0 Å². The highest BCUT2D eigenvalue weighted by Gasteiger charge is 2.23. The van der Waals surface area contributed by atoms with Gasteiger partial charge in [0, 0.05) is 6.42 Å². The second-order valence-corrected chi connectivity index (χ2v) is 4.07. The molecule has 0 fully saturated rings. The van der Waals surface area contributed by atoms with Crippen LogP contribution in [0.1, 0.15) is 41.0 Å². The minimum atomic E-state index is -0.354. The highest BCUT2D eigenvalue weighted by molar-refractivity contribution is 5.81.